The fraction of sp³-hybridized carbons (Fsp3) is 0. The van der Waals surface area contributed by atoms with Crippen molar-refractivity contribution in [1.29, 1.82) is 0 Å². The molecule has 0 radical (unpaired) electrons. The molecular formula is H2CaFNaO4Si. The largest absolute Gasteiger partial charge is 2.00 e. The Hall–Kier alpha value is 2.25. The predicted octanol–water partition coefficient (Wildman–Crippen LogP) is -10.2. The quantitative estimate of drug-likeness (QED) is 0.359. The van der Waals surface area contributed by atoms with E-state index in [1.165, 1.54) is 0 Å². The Balaban J connectivity index is -0.0000000267. The fourth-order valence-electron chi connectivity index (χ4n) is 0. The normalized spacial score (nSPS) is 7.50. The second-order valence-corrected chi connectivity index (χ2v) is 1.65. The summed E-state index contributed by atoms with van der Waals surface area (Å²) in [5.74, 6) is 0. The Bertz CT molecular complexity index is 31.5. The third kappa shape index (κ3) is 85.8. The summed E-state index contributed by atoms with van der Waals surface area (Å²) >= 11 is 0. The van der Waals surface area contributed by atoms with Crippen molar-refractivity contribution in [3.8, 4) is 0 Å². The maximum Gasteiger partial charge on any atom is 2.00 e. The predicted molar refractivity (Wildman–Crippen MR) is 15.9 cm³/mol. The molecule has 8 heavy (non-hydrogen) atoms. The van der Waals surface area contributed by atoms with Crippen molar-refractivity contribution in [2.75, 3.05) is 0 Å². The average Bonchev–Trinajstić information content (AvgIpc) is 0.722. The summed E-state index contributed by atoms with van der Waals surface area (Å²) in [5.41, 5.74) is 0. The second-order valence-electron chi connectivity index (χ2n) is 0.548. The van der Waals surface area contributed by atoms with Crippen LogP contribution in [0.25, 0.3) is 0 Å². The van der Waals surface area contributed by atoms with E-state index in [-0.39, 0.29) is 72.0 Å². The monoisotopic (exact) mass is 176 g/mol. The molecule has 0 atom stereocenters. The minimum absolute atomic E-state index is 0. The zero-order chi connectivity index (χ0) is 4.50. The van der Waals surface area contributed by atoms with Crippen molar-refractivity contribution in [2.24, 2.45) is 0 Å². The Morgan fingerprint density at radius 3 is 1.12 bits per heavy atom. The van der Waals surface area contributed by atoms with Crippen LogP contribution >= 0.6 is 0 Å². The summed E-state index contributed by atoms with van der Waals surface area (Å²) in [4.78, 5) is 31.8. The third-order valence-electron chi connectivity index (χ3n) is 0. The average molecular weight is 176 g/mol. The SMILES string of the molecule is [Ca+2].[F-].[Na+].[O-][Si]([O-])(O)O. The molecule has 0 aliphatic carbocycles. The fourth-order valence-corrected chi connectivity index (χ4v) is 0. The van der Waals surface area contributed by atoms with E-state index in [4.69, 9.17) is 19.2 Å². The smallest absolute Gasteiger partial charge is 1.00 e. The minimum Gasteiger partial charge on any atom is -1.00 e. The molecular weight excluding hydrogens is 174 g/mol. The van der Waals surface area contributed by atoms with Crippen LogP contribution < -0.4 is 43.9 Å². The van der Waals surface area contributed by atoms with Crippen LogP contribution in [0.5, 0.6) is 0 Å². The number of hydrogen-bond acceptors (Lipinski definition) is 4. The van der Waals surface area contributed by atoms with Crippen molar-refractivity contribution in [3.63, 3.8) is 0 Å². The summed E-state index contributed by atoms with van der Waals surface area (Å²) in [6.07, 6.45) is 0. The summed E-state index contributed by atoms with van der Waals surface area (Å²) in [6.45, 7) is 0. The molecule has 0 heterocycles. The van der Waals surface area contributed by atoms with E-state index in [1.807, 2.05) is 0 Å². The summed E-state index contributed by atoms with van der Waals surface area (Å²) in [7, 11) is -5.11. The molecule has 0 saturated carbocycles. The molecule has 0 unspecified atom stereocenters. The van der Waals surface area contributed by atoms with Crippen molar-refractivity contribution < 1.29 is 53.4 Å². The number of hydrogen-bond donors (Lipinski definition) is 2. The summed E-state index contributed by atoms with van der Waals surface area (Å²) < 4.78 is 0. The molecule has 0 bridgehead atoms. The first-order valence-electron chi connectivity index (χ1n) is 0.855. The standard InChI is InChI=1S/Ca.FH.Na.H2O4Si/c;;;1-5(2,3)4/h;1H;;1-2H/q+2;;+1;-2/p-1. The topological polar surface area (TPSA) is 86.6 Å². The van der Waals surface area contributed by atoms with Crippen LogP contribution in [0, 0.1) is 0 Å². The summed E-state index contributed by atoms with van der Waals surface area (Å²) in [6, 6.07) is 0. The van der Waals surface area contributed by atoms with Crippen LogP contribution in [0.15, 0.2) is 0 Å². The van der Waals surface area contributed by atoms with Gasteiger partial charge < -0.3 is 23.9 Å². The van der Waals surface area contributed by atoms with Gasteiger partial charge in [0.05, 0.1) is 0 Å². The van der Waals surface area contributed by atoms with Crippen molar-refractivity contribution >= 4 is 46.8 Å². The zero-order valence-corrected chi connectivity index (χ0v) is 9.50. The first kappa shape index (κ1) is 22.5. The molecule has 0 aliphatic heterocycles. The van der Waals surface area contributed by atoms with E-state index in [0.717, 1.165) is 0 Å². The number of halogens is 1. The van der Waals surface area contributed by atoms with Crippen molar-refractivity contribution in [1.82, 2.24) is 0 Å². The van der Waals surface area contributed by atoms with Gasteiger partial charge in [-0.1, -0.05) is 0 Å². The maximum atomic E-state index is 8.80. The molecule has 0 amide bonds. The van der Waals surface area contributed by atoms with E-state index in [9.17, 15) is 0 Å². The zero-order valence-electron chi connectivity index (χ0n) is 4.30. The van der Waals surface area contributed by atoms with Crippen molar-refractivity contribution in [3.05, 3.63) is 0 Å². The minimum atomic E-state index is -5.11. The first-order chi connectivity index (χ1) is 2.00. The van der Waals surface area contributed by atoms with Gasteiger partial charge in [-0.3, -0.25) is 0 Å². The first-order valence-corrected chi connectivity index (χ1v) is 2.57. The van der Waals surface area contributed by atoms with Crippen LogP contribution in [0.2, 0.25) is 0 Å². The Kier molecular flexibility index (Phi) is 26.0. The van der Waals surface area contributed by atoms with Gasteiger partial charge in [0.25, 0.3) is 0 Å². The van der Waals surface area contributed by atoms with E-state index in [1.54, 1.807) is 0 Å². The second kappa shape index (κ2) is 9.25. The van der Waals surface area contributed by atoms with Gasteiger partial charge >= 0.3 is 67.3 Å². The van der Waals surface area contributed by atoms with Gasteiger partial charge in [0.2, 0.25) is 0 Å². The van der Waals surface area contributed by atoms with Crippen LogP contribution in [-0.4, -0.2) is 56.4 Å². The third-order valence-corrected chi connectivity index (χ3v) is 0. The Labute approximate surface area is 98.7 Å². The molecule has 2 N–H and O–H groups in total. The van der Waals surface area contributed by atoms with Gasteiger partial charge in [-0.15, -0.1) is 0 Å². The van der Waals surface area contributed by atoms with Crippen molar-refractivity contribution in [2.45, 2.75) is 0 Å². The van der Waals surface area contributed by atoms with Crippen LogP contribution in [-0.2, 0) is 0 Å². The van der Waals surface area contributed by atoms with E-state index < -0.39 is 9.05 Å². The van der Waals surface area contributed by atoms with E-state index >= 15 is 0 Å². The molecule has 4 nitrogen and oxygen atoms in total. The Morgan fingerprint density at radius 2 is 1.12 bits per heavy atom. The molecule has 0 saturated heterocycles. The van der Waals surface area contributed by atoms with Gasteiger partial charge in [-0.05, 0) is 0 Å². The van der Waals surface area contributed by atoms with E-state index in [2.05, 4.69) is 0 Å². The van der Waals surface area contributed by atoms with E-state index in [0.29, 0.717) is 0 Å². The molecule has 0 aromatic carbocycles. The molecule has 40 valence electrons. The van der Waals surface area contributed by atoms with Crippen LogP contribution in [0.1, 0.15) is 0 Å². The van der Waals surface area contributed by atoms with Crippen LogP contribution in [0.3, 0.4) is 0 Å². The molecule has 0 aliphatic rings. The van der Waals surface area contributed by atoms with Gasteiger partial charge in [-0.25, -0.2) is 0 Å². The Morgan fingerprint density at radius 1 is 1.12 bits per heavy atom. The van der Waals surface area contributed by atoms with Gasteiger partial charge in [0.1, 0.15) is 9.05 Å². The molecule has 0 aromatic rings. The van der Waals surface area contributed by atoms with Gasteiger partial charge in [-0.2, -0.15) is 0 Å². The molecule has 0 spiro atoms. The van der Waals surface area contributed by atoms with Gasteiger partial charge in [0, 0.05) is 0 Å². The number of rotatable bonds is 0. The van der Waals surface area contributed by atoms with Crippen LogP contribution in [0.4, 0.5) is 0 Å². The summed E-state index contributed by atoms with van der Waals surface area (Å²) in [5, 5.41) is 0. The maximum absolute atomic E-state index is 8.80. The molecule has 0 aromatic heterocycles. The molecule has 8 heteroatoms. The molecule has 0 fully saturated rings. The molecule has 0 rings (SSSR count). The van der Waals surface area contributed by atoms with Gasteiger partial charge in [0.15, 0.2) is 0 Å².